The summed E-state index contributed by atoms with van der Waals surface area (Å²) in [6.07, 6.45) is 4.37. The maximum atomic E-state index is 4.17. The molecule has 0 aliphatic carbocycles. The van der Waals surface area contributed by atoms with E-state index in [9.17, 15) is 0 Å². The molecule has 0 saturated carbocycles. The Kier molecular flexibility index (Phi) is 2.68. The summed E-state index contributed by atoms with van der Waals surface area (Å²) in [6.45, 7) is 4.70. The topological polar surface area (TPSA) is 30.7 Å². The lowest BCUT2D eigenvalue weighted by molar-refractivity contribution is 0.725. The molecule has 0 saturated heterocycles. The number of hydrogen-bond donors (Lipinski definition) is 0. The van der Waals surface area contributed by atoms with Gasteiger partial charge in [-0.2, -0.15) is 5.10 Å². The van der Waals surface area contributed by atoms with Crippen LogP contribution in [0.25, 0.3) is 0 Å². The molecule has 0 bridgehead atoms. The number of aromatic nitrogens is 3. The molecule has 4 heteroatoms. The molecule has 3 nitrogen and oxygen atoms in total. The fourth-order valence-corrected chi connectivity index (χ4v) is 3.95. The monoisotopic (exact) mass is 217 g/mol. The molecular formula is C11H15N3Si. The van der Waals surface area contributed by atoms with Crippen molar-refractivity contribution in [2.75, 3.05) is 0 Å². The summed E-state index contributed by atoms with van der Waals surface area (Å²) >= 11 is 0. The van der Waals surface area contributed by atoms with Crippen LogP contribution in [0.2, 0.25) is 13.1 Å². The minimum absolute atomic E-state index is 0.983. The maximum Gasteiger partial charge on any atom is 0.137 e. The van der Waals surface area contributed by atoms with E-state index in [4.69, 9.17) is 0 Å². The molecule has 0 amide bonds. The van der Waals surface area contributed by atoms with Crippen LogP contribution in [0.5, 0.6) is 0 Å². The molecule has 1 aromatic heterocycles. The zero-order chi connectivity index (χ0) is 10.7. The van der Waals surface area contributed by atoms with Crippen LogP contribution in [0.15, 0.2) is 43.0 Å². The normalized spacial score (nSPS) is 11.6. The van der Waals surface area contributed by atoms with Crippen LogP contribution in [-0.2, 0) is 6.17 Å². The van der Waals surface area contributed by atoms with Gasteiger partial charge in [0.1, 0.15) is 20.7 Å². The molecule has 15 heavy (non-hydrogen) atoms. The van der Waals surface area contributed by atoms with Gasteiger partial charge in [-0.15, -0.1) is 0 Å². The summed E-state index contributed by atoms with van der Waals surface area (Å²) in [5, 5.41) is 5.63. The van der Waals surface area contributed by atoms with Gasteiger partial charge in [-0.05, 0) is 0 Å². The first-order chi connectivity index (χ1) is 7.18. The van der Waals surface area contributed by atoms with Gasteiger partial charge >= 0.3 is 0 Å². The largest absolute Gasteiger partial charge is 0.256 e. The predicted octanol–water partition coefficient (Wildman–Crippen LogP) is 1.43. The van der Waals surface area contributed by atoms with E-state index < -0.39 is 8.07 Å². The van der Waals surface area contributed by atoms with Crippen molar-refractivity contribution in [3.63, 3.8) is 0 Å². The molecule has 0 aliphatic rings. The van der Waals surface area contributed by atoms with Gasteiger partial charge < -0.3 is 0 Å². The van der Waals surface area contributed by atoms with Crippen molar-refractivity contribution in [2.45, 2.75) is 19.3 Å². The summed E-state index contributed by atoms with van der Waals surface area (Å²) in [4.78, 5) is 3.97. The minimum atomic E-state index is -1.42. The molecule has 0 radical (unpaired) electrons. The number of hydrogen-bond acceptors (Lipinski definition) is 2. The highest BCUT2D eigenvalue weighted by Gasteiger charge is 2.23. The fraction of sp³-hybridized carbons (Fsp3) is 0.273. The van der Waals surface area contributed by atoms with Crippen molar-refractivity contribution < 1.29 is 0 Å². The van der Waals surface area contributed by atoms with Crippen LogP contribution in [0.3, 0.4) is 0 Å². The van der Waals surface area contributed by atoms with Crippen molar-refractivity contribution in [3.05, 3.63) is 43.0 Å². The predicted molar refractivity (Wildman–Crippen MR) is 63.6 cm³/mol. The second kappa shape index (κ2) is 3.98. The van der Waals surface area contributed by atoms with Gasteiger partial charge in [0.25, 0.3) is 0 Å². The van der Waals surface area contributed by atoms with Gasteiger partial charge in [0.05, 0.1) is 0 Å². The SMILES string of the molecule is C[Si](C)(Cn1cncn1)c1ccccc1. The number of benzene rings is 1. The summed E-state index contributed by atoms with van der Waals surface area (Å²) < 4.78 is 1.93. The highest BCUT2D eigenvalue weighted by Crippen LogP contribution is 2.05. The lowest BCUT2D eigenvalue weighted by Gasteiger charge is -2.22. The van der Waals surface area contributed by atoms with Gasteiger partial charge in [0.2, 0.25) is 0 Å². The van der Waals surface area contributed by atoms with E-state index in [0.717, 1.165) is 6.17 Å². The molecule has 1 heterocycles. The van der Waals surface area contributed by atoms with E-state index in [1.807, 2.05) is 4.68 Å². The quantitative estimate of drug-likeness (QED) is 0.728. The maximum absolute atomic E-state index is 4.17. The van der Waals surface area contributed by atoms with Crippen LogP contribution in [0.1, 0.15) is 0 Å². The summed E-state index contributed by atoms with van der Waals surface area (Å²) in [7, 11) is -1.42. The summed E-state index contributed by atoms with van der Waals surface area (Å²) in [6, 6.07) is 10.7. The molecule has 0 unspecified atom stereocenters. The average Bonchev–Trinajstić information content (AvgIpc) is 2.71. The smallest absolute Gasteiger partial charge is 0.137 e. The van der Waals surface area contributed by atoms with Crippen molar-refractivity contribution in [2.24, 2.45) is 0 Å². The lowest BCUT2D eigenvalue weighted by atomic mass is 10.4. The van der Waals surface area contributed by atoms with Gasteiger partial charge in [0.15, 0.2) is 0 Å². The summed E-state index contributed by atoms with van der Waals surface area (Å²) in [5.74, 6) is 0. The van der Waals surface area contributed by atoms with E-state index in [-0.39, 0.29) is 0 Å². The van der Waals surface area contributed by atoms with Crippen LogP contribution in [-0.4, -0.2) is 22.8 Å². The average molecular weight is 217 g/mol. The molecule has 0 fully saturated rings. The van der Waals surface area contributed by atoms with Gasteiger partial charge in [-0.3, -0.25) is 4.68 Å². The van der Waals surface area contributed by atoms with E-state index in [1.54, 1.807) is 12.7 Å². The molecule has 0 spiro atoms. The van der Waals surface area contributed by atoms with Gasteiger partial charge in [-0.25, -0.2) is 4.98 Å². The van der Waals surface area contributed by atoms with E-state index in [0.29, 0.717) is 0 Å². The third-order valence-corrected chi connectivity index (χ3v) is 5.59. The molecule has 0 atom stereocenters. The molecule has 0 aliphatic heterocycles. The van der Waals surface area contributed by atoms with Crippen LogP contribution >= 0.6 is 0 Å². The second-order valence-electron chi connectivity index (χ2n) is 4.34. The van der Waals surface area contributed by atoms with E-state index in [2.05, 4.69) is 53.5 Å². The number of nitrogens with zero attached hydrogens (tertiary/aromatic N) is 3. The van der Waals surface area contributed by atoms with Gasteiger partial charge in [-0.1, -0.05) is 48.6 Å². The Hall–Kier alpha value is -1.42. The molecule has 78 valence electrons. The first-order valence-corrected chi connectivity index (χ1v) is 8.27. The Morgan fingerprint density at radius 2 is 1.93 bits per heavy atom. The van der Waals surface area contributed by atoms with Crippen molar-refractivity contribution >= 4 is 13.3 Å². The first-order valence-electron chi connectivity index (χ1n) is 5.06. The first kappa shape index (κ1) is 10.1. The molecule has 1 aromatic carbocycles. The zero-order valence-electron chi connectivity index (χ0n) is 9.09. The molecule has 2 rings (SSSR count). The Balaban J connectivity index is 2.20. The van der Waals surface area contributed by atoms with Crippen molar-refractivity contribution in [1.82, 2.24) is 14.8 Å². The van der Waals surface area contributed by atoms with E-state index >= 15 is 0 Å². The minimum Gasteiger partial charge on any atom is -0.256 e. The highest BCUT2D eigenvalue weighted by molar-refractivity contribution is 6.88. The second-order valence-corrected chi connectivity index (χ2v) is 9.00. The standard InChI is InChI=1S/C11H15N3Si/c1-15(2,10-14-9-12-8-13-14)11-6-4-3-5-7-11/h3-9H,10H2,1-2H3. The Morgan fingerprint density at radius 1 is 1.20 bits per heavy atom. The molecule has 0 N–H and O–H groups in total. The molecular weight excluding hydrogens is 202 g/mol. The zero-order valence-corrected chi connectivity index (χ0v) is 10.1. The van der Waals surface area contributed by atoms with Crippen LogP contribution in [0.4, 0.5) is 0 Å². The van der Waals surface area contributed by atoms with Crippen molar-refractivity contribution in [1.29, 1.82) is 0 Å². The summed E-state index contributed by atoms with van der Waals surface area (Å²) in [5.41, 5.74) is 0. The van der Waals surface area contributed by atoms with Gasteiger partial charge in [0, 0.05) is 6.17 Å². The van der Waals surface area contributed by atoms with Crippen molar-refractivity contribution in [3.8, 4) is 0 Å². The number of rotatable bonds is 3. The third kappa shape index (κ3) is 2.33. The third-order valence-electron chi connectivity index (χ3n) is 2.58. The van der Waals surface area contributed by atoms with Crippen LogP contribution < -0.4 is 5.19 Å². The Bertz CT molecular complexity index is 409. The fourth-order valence-electron chi connectivity index (χ4n) is 1.70. The molecule has 2 aromatic rings. The van der Waals surface area contributed by atoms with E-state index in [1.165, 1.54) is 5.19 Å². The highest BCUT2D eigenvalue weighted by atomic mass is 28.3. The van der Waals surface area contributed by atoms with Crippen LogP contribution in [0, 0.1) is 0 Å². The Morgan fingerprint density at radius 3 is 2.53 bits per heavy atom. The Labute approximate surface area is 90.8 Å². The lowest BCUT2D eigenvalue weighted by Crippen LogP contribution is -2.45.